The average Bonchev–Trinajstić information content (AvgIpc) is 2.67. The van der Waals surface area contributed by atoms with Gasteiger partial charge < -0.3 is 5.11 Å². The van der Waals surface area contributed by atoms with Gasteiger partial charge in [-0.05, 0) is 25.8 Å². The van der Waals surface area contributed by atoms with Crippen molar-refractivity contribution in [3.63, 3.8) is 0 Å². The topological polar surface area (TPSA) is 62.2 Å². The van der Waals surface area contributed by atoms with Crippen LogP contribution in [0, 0.1) is 5.82 Å². The molecule has 0 amide bonds. The minimum atomic E-state index is -1.30. The summed E-state index contributed by atoms with van der Waals surface area (Å²) in [7, 11) is 0. The van der Waals surface area contributed by atoms with Crippen LogP contribution in [0.2, 0.25) is 0 Å². The SMILES string of the molecule is CC(NC1CCCCCC1)(C(=O)O)c1cncc(F)c1. The zero-order valence-electron chi connectivity index (χ0n) is 11.7. The van der Waals surface area contributed by atoms with E-state index in [4.69, 9.17) is 0 Å². The molecule has 1 unspecified atom stereocenters. The van der Waals surface area contributed by atoms with Gasteiger partial charge in [-0.3, -0.25) is 10.3 Å². The maximum absolute atomic E-state index is 13.3. The van der Waals surface area contributed by atoms with Crippen LogP contribution < -0.4 is 5.32 Å². The third-order valence-electron chi connectivity index (χ3n) is 4.06. The largest absolute Gasteiger partial charge is 0.480 e. The van der Waals surface area contributed by atoms with Crippen molar-refractivity contribution < 1.29 is 14.3 Å². The number of rotatable bonds is 4. The second kappa shape index (κ2) is 6.31. The molecular weight excluding hydrogens is 259 g/mol. The fourth-order valence-electron chi connectivity index (χ4n) is 2.79. The predicted octanol–water partition coefficient (Wildman–Crippen LogP) is 2.83. The van der Waals surface area contributed by atoms with E-state index in [-0.39, 0.29) is 6.04 Å². The molecule has 1 saturated carbocycles. The molecule has 1 atom stereocenters. The van der Waals surface area contributed by atoms with Crippen LogP contribution in [0.4, 0.5) is 4.39 Å². The van der Waals surface area contributed by atoms with Gasteiger partial charge in [0, 0.05) is 17.8 Å². The molecule has 1 heterocycles. The van der Waals surface area contributed by atoms with Crippen LogP contribution in [0.15, 0.2) is 18.5 Å². The monoisotopic (exact) mass is 280 g/mol. The lowest BCUT2D eigenvalue weighted by Crippen LogP contribution is -2.51. The molecular formula is C15H21FN2O2. The molecule has 1 aliphatic rings. The molecule has 2 N–H and O–H groups in total. The van der Waals surface area contributed by atoms with Gasteiger partial charge in [0.1, 0.15) is 11.4 Å². The number of pyridine rings is 1. The summed E-state index contributed by atoms with van der Waals surface area (Å²) in [6.45, 7) is 1.58. The molecule has 0 bridgehead atoms. The number of aliphatic carboxylic acids is 1. The molecule has 0 radical (unpaired) electrons. The Balaban J connectivity index is 2.22. The molecule has 1 aliphatic carbocycles. The highest BCUT2D eigenvalue weighted by molar-refractivity contribution is 5.80. The Morgan fingerprint density at radius 2 is 2.00 bits per heavy atom. The highest BCUT2D eigenvalue weighted by Crippen LogP contribution is 2.26. The van der Waals surface area contributed by atoms with Crippen LogP contribution in [0.25, 0.3) is 0 Å². The summed E-state index contributed by atoms with van der Waals surface area (Å²) in [5.41, 5.74) is -0.946. The van der Waals surface area contributed by atoms with Gasteiger partial charge in [0.2, 0.25) is 0 Å². The number of halogens is 1. The van der Waals surface area contributed by atoms with E-state index in [0.29, 0.717) is 5.56 Å². The molecule has 1 aromatic heterocycles. The van der Waals surface area contributed by atoms with Crippen molar-refractivity contribution in [2.24, 2.45) is 0 Å². The number of aromatic nitrogens is 1. The van der Waals surface area contributed by atoms with Crippen molar-refractivity contribution >= 4 is 5.97 Å². The molecule has 0 saturated heterocycles. The van der Waals surface area contributed by atoms with Crippen LogP contribution >= 0.6 is 0 Å². The standard InChI is InChI=1S/C15H21FN2O2/c1-15(14(19)20,11-8-12(16)10-17-9-11)18-13-6-4-2-3-5-7-13/h8-10,13,18H,2-7H2,1H3,(H,19,20). The average molecular weight is 280 g/mol. The lowest BCUT2D eigenvalue weighted by Gasteiger charge is -2.31. The molecule has 20 heavy (non-hydrogen) atoms. The van der Waals surface area contributed by atoms with Gasteiger partial charge in [0.25, 0.3) is 0 Å². The maximum atomic E-state index is 13.3. The minimum Gasteiger partial charge on any atom is -0.480 e. The van der Waals surface area contributed by atoms with Gasteiger partial charge in [-0.2, -0.15) is 0 Å². The minimum absolute atomic E-state index is 0.155. The Kier molecular flexibility index (Phi) is 4.70. The van der Waals surface area contributed by atoms with Gasteiger partial charge in [-0.15, -0.1) is 0 Å². The van der Waals surface area contributed by atoms with Crippen LogP contribution in [-0.4, -0.2) is 22.1 Å². The highest BCUT2D eigenvalue weighted by Gasteiger charge is 2.37. The third kappa shape index (κ3) is 3.33. The summed E-state index contributed by atoms with van der Waals surface area (Å²) < 4.78 is 13.3. The first-order valence-corrected chi connectivity index (χ1v) is 7.14. The Bertz CT molecular complexity index is 473. The summed E-state index contributed by atoms with van der Waals surface area (Å²) in [5.74, 6) is -1.52. The van der Waals surface area contributed by atoms with E-state index in [0.717, 1.165) is 31.9 Å². The Hall–Kier alpha value is -1.49. The van der Waals surface area contributed by atoms with E-state index in [1.165, 1.54) is 25.1 Å². The highest BCUT2D eigenvalue weighted by atomic mass is 19.1. The van der Waals surface area contributed by atoms with Gasteiger partial charge >= 0.3 is 5.97 Å². The van der Waals surface area contributed by atoms with Crippen molar-refractivity contribution in [2.45, 2.75) is 57.0 Å². The number of hydrogen-bond acceptors (Lipinski definition) is 3. The normalized spacial score (nSPS) is 20.1. The van der Waals surface area contributed by atoms with Crippen molar-refractivity contribution in [3.05, 3.63) is 29.8 Å². The fourth-order valence-corrected chi connectivity index (χ4v) is 2.79. The van der Waals surface area contributed by atoms with Crippen LogP contribution in [0.5, 0.6) is 0 Å². The van der Waals surface area contributed by atoms with Crippen molar-refractivity contribution in [3.8, 4) is 0 Å². The van der Waals surface area contributed by atoms with E-state index >= 15 is 0 Å². The molecule has 0 spiro atoms. The lowest BCUT2D eigenvalue weighted by molar-refractivity contribution is -0.145. The van der Waals surface area contributed by atoms with Crippen molar-refractivity contribution in [2.75, 3.05) is 0 Å². The van der Waals surface area contributed by atoms with E-state index < -0.39 is 17.3 Å². The second-order valence-corrected chi connectivity index (χ2v) is 5.65. The first-order chi connectivity index (χ1) is 9.52. The molecule has 0 aromatic carbocycles. The van der Waals surface area contributed by atoms with E-state index in [2.05, 4.69) is 10.3 Å². The number of hydrogen-bond donors (Lipinski definition) is 2. The molecule has 1 fully saturated rings. The van der Waals surface area contributed by atoms with Gasteiger partial charge in [0.15, 0.2) is 0 Å². The lowest BCUT2D eigenvalue weighted by atomic mass is 9.91. The number of carboxylic acid groups (broad SMARTS) is 1. The Labute approximate surface area is 118 Å². The third-order valence-corrected chi connectivity index (χ3v) is 4.06. The Morgan fingerprint density at radius 3 is 2.55 bits per heavy atom. The number of nitrogens with one attached hydrogen (secondary N) is 1. The summed E-state index contributed by atoms with van der Waals surface area (Å²) >= 11 is 0. The van der Waals surface area contributed by atoms with Gasteiger partial charge in [-0.25, -0.2) is 9.18 Å². The summed E-state index contributed by atoms with van der Waals surface area (Å²) in [4.78, 5) is 15.4. The van der Waals surface area contributed by atoms with E-state index in [1.54, 1.807) is 6.92 Å². The summed E-state index contributed by atoms with van der Waals surface area (Å²) in [5, 5.41) is 12.8. The van der Waals surface area contributed by atoms with Crippen molar-refractivity contribution in [1.29, 1.82) is 0 Å². The number of carboxylic acids is 1. The zero-order valence-corrected chi connectivity index (χ0v) is 11.7. The summed E-state index contributed by atoms with van der Waals surface area (Å²) in [6, 6.07) is 1.40. The van der Waals surface area contributed by atoms with Crippen LogP contribution in [-0.2, 0) is 10.3 Å². The zero-order chi connectivity index (χ0) is 14.6. The molecule has 110 valence electrons. The molecule has 1 aromatic rings. The van der Waals surface area contributed by atoms with Crippen LogP contribution in [0.1, 0.15) is 51.0 Å². The molecule has 4 nitrogen and oxygen atoms in total. The van der Waals surface area contributed by atoms with E-state index in [9.17, 15) is 14.3 Å². The Morgan fingerprint density at radius 1 is 1.35 bits per heavy atom. The van der Waals surface area contributed by atoms with Gasteiger partial charge in [0.05, 0.1) is 6.20 Å². The first-order valence-electron chi connectivity index (χ1n) is 7.14. The number of nitrogens with zero attached hydrogens (tertiary/aromatic N) is 1. The maximum Gasteiger partial charge on any atom is 0.328 e. The second-order valence-electron chi connectivity index (χ2n) is 5.65. The smallest absolute Gasteiger partial charge is 0.328 e. The van der Waals surface area contributed by atoms with Crippen LogP contribution in [0.3, 0.4) is 0 Å². The first kappa shape index (κ1) is 14.9. The fraction of sp³-hybridized carbons (Fsp3) is 0.600. The molecule has 5 heteroatoms. The quantitative estimate of drug-likeness (QED) is 0.833. The predicted molar refractivity (Wildman–Crippen MR) is 73.8 cm³/mol. The van der Waals surface area contributed by atoms with E-state index in [1.807, 2.05) is 0 Å². The van der Waals surface area contributed by atoms with Gasteiger partial charge in [-0.1, -0.05) is 25.7 Å². The number of carbonyl (C=O) groups is 1. The summed E-state index contributed by atoms with van der Waals surface area (Å²) in [6.07, 6.45) is 9.03. The molecule has 2 rings (SSSR count). The molecule has 0 aliphatic heterocycles. The van der Waals surface area contributed by atoms with Crippen molar-refractivity contribution in [1.82, 2.24) is 10.3 Å².